The molecule has 2 aliphatic rings. The summed E-state index contributed by atoms with van der Waals surface area (Å²) in [5, 5.41) is 8.90. The number of carboxylic acid groups (broad SMARTS) is 1. The number of carbonyl (C=O) groups is 2. The van der Waals surface area contributed by atoms with Gasteiger partial charge in [0.2, 0.25) is 0 Å². The highest BCUT2D eigenvalue weighted by atomic mass is 16.4. The molecule has 0 spiro atoms. The molecule has 1 heterocycles. The highest BCUT2D eigenvalue weighted by molar-refractivity contribution is 5.96. The Hall–Kier alpha value is -1.84. The van der Waals surface area contributed by atoms with Crippen LogP contribution in [0.5, 0.6) is 0 Å². The summed E-state index contributed by atoms with van der Waals surface area (Å²) in [5.74, 6) is 0.542. The van der Waals surface area contributed by atoms with E-state index < -0.39 is 5.97 Å². The van der Waals surface area contributed by atoms with E-state index in [1.807, 2.05) is 4.90 Å². The summed E-state index contributed by atoms with van der Waals surface area (Å²) in [6.07, 6.45) is 6.30. The Morgan fingerprint density at radius 2 is 1.57 bits per heavy atom. The second-order valence-corrected chi connectivity index (χ2v) is 6.23. The average molecular weight is 287 g/mol. The topological polar surface area (TPSA) is 57.6 Å². The van der Waals surface area contributed by atoms with Crippen LogP contribution in [0.25, 0.3) is 0 Å². The fourth-order valence-electron chi connectivity index (χ4n) is 3.72. The minimum Gasteiger partial charge on any atom is -0.478 e. The molecular weight excluding hydrogens is 266 g/mol. The summed E-state index contributed by atoms with van der Waals surface area (Å²) in [5.41, 5.74) is 0.812. The second kappa shape index (κ2) is 5.88. The number of carboxylic acids is 1. The largest absolute Gasteiger partial charge is 0.478 e. The lowest BCUT2D eigenvalue weighted by Crippen LogP contribution is -2.44. The molecule has 21 heavy (non-hydrogen) atoms. The predicted octanol–water partition coefficient (Wildman–Crippen LogP) is 3.04. The van der Waals surface area contributed by atoms with Crippen LogP contribution >= 0.6 is 0 Å². The average Bonchev–Trinajstić information content (AvgIpc) is 2.54. The summed E-state index contributed by atoms with van der Waals surface area (Å²) in [7, 11) is 0. The first-order valence-corrected chi connectivity index (χ1v) is 7.78. The first-order chi connectivity index (χ1) is 10.1. The van der Waals surface area contributed by atoms with Gasteiger partial charge in [-0.1, -0.05) is 19.3 Å². The number of piperidine rings is 1. The second-order valence-electron chi connectivity index (χ2n) is 6.23. The SMILES string of the molecule is O=C(O)c1ccc(C(=O)N2CCC3CCCCC3C2)cc1. The Bertz CT molecular complexity index is 537. The molecule has 0 bridgehead atoms. The van der Waals surface area contributed by atoms with Crippen molar-refractivity contribution in [1.29, 1.82) is 0 Å². The third-order valence-electron chi connectivity index (χ3n) is 4.96. The standard InChI is InChI=1S/C17H21NO3/c19-16(13-5-7-14(8-6-13)17(20)21)18-10-9-12-3-1-2-4-15(12)11-18/h5-8,12,15H,1-4,9-11H2,(H,20,21). The molecule has 0 radical (unpaired) electrons. The number of hydrogen-bond acceptors (Lipinski definition) is 2. The van der Waals surface area contributed by atoms with Crippen molar-refractivity contribution in [3.63, 3.8) is 0 Å². The van der Waals surface area contributed by atoms with Crippen molar-refractivity contribution in [2.75, 3.05) is 13.1 Å². The number of carbonyl (C=O) groups excluding carboxylic acids is 1. The molecule has 1 aromatic rings. The smallest absolute Gasteiger partial charge is 0.335 e. The van der Waals surface area contributed by atoms with Gasteiger partial charge >= 0.3 is 5.97 Å². The molecule has 112 valence electrons. The van der Waals surface area contributed by atoms with E-state index in [0.717, 1.165) is 25.4 Å². The van der Waals surface area contributed by atoms with Crippen molar-refractivity contribution in [1.82, 2.24) is 4.90 Å². The van der Waals surface area contributed by atoms with E-state index in [-0.39, 0.29) is 11.5 Å². The summed E-state index contributed by atoms with van der Waals surface area (Å²) in [6, 6.07) is 6.25. The van der Waals surface area contributed by atoms with Crippen LogP contribution in [0.3, 0.4) is 0 Å². The van der Waals surface area contributed by atoms with Crippen LogP contribution in [-0.4, -0.2) is 35.0 Å². The van der Waals surface area contributed by atoms with Crippen LogP contribution in [0.1, 0.15) is 52.8 Å². The maximum Gasteiger partial charge on any atom is 0.335 e. The van der Waals surface area contributed by atoms with E-state index in [0.29, 0.717) is 11.5 Å². The predicted molar refractivity (Wildman–Crippen MR) is 79.4 cm³/mol. The minimum atomic E-state index is -0.961. The van der Waals surface area contributed by atoms with Crippen LogP contribution in [0.2, 0.25) is 0 Å². The van der Waals surface area contributed by atoms with Crippen molar-refractivity contribution < 1.29 is 14.7 Å². The van der Waals surface area contributed by atoms with Gasteiger partial charge in [0.15, 0.2) is 0 Å². The van der Waals surface area contributed by atoms with E-state index in [1.54, 1.807) is 12.1 Å². The van der Waals surface area contributed by atoms with E-state index in [9.17, 15) is 9.59 Å². The number of fused-ring (bicyclic) bond motifs is 1. The first-order valence-electron chi connectivity index (χ1n) is 7.78. The molecule has 1 saturated heterocycles. The van der Waals surface area contributed by atoms with Gasteiger partial charge in [0, 0.05) is 18.7 Å². The molecular formula is C17H21NO3. The van der Waals surface area contributed by atoms with Gasteiger partial charge in [-0.3, -0.25) is 4.79 Å². The fraction of sp³-hybridized carbons (Fsp3) is 0.529. The molecule has 3 rings (SSSR count). The molecule has 1 saturated carbocycles. The van der Waals surface area contributed by atoms with Crippen molar-refractivity contribution in [2.24, 2.45) is 11.8 Å². The van der Waals surface area contributed by atoms with Gasteiger partial charge < -0.3 is 10.0 Å². The Balaban J connectivity index is 1.68. The number of hydrogen-bond donors (Lipinski definition) is 1. The van der Waals surface area contributed by atoms with Crippen molar-refractivity contribution >= 4 is 11.9 Å². The molecule has 2 unspecified atom stereocenters. The lowest BCUT2D eigenvalue weighted by molar-refractivity contribution is 0.0520. The first kappa shape index (κ1) is 14.1. The number of rotatable bonds is 2. The fourth-order valence-corrected chi connectivity index (χ4v) is 3.72. The molecule has 1 amide bonds. The van der Waals surface area contributed by atoms with E-state index >= 15 is 0 Å². The Kier molecular flexibility index (Phi) is 3.95. The van der Waals surface area contributed by atoms with Crippen LogP contribution in [-0.2, 0) is 0 Å². The highest BCUT2D eigenvalue weighted by Gasteiger charge is 2.33. The van der Waals surface area contributed by atoms with E-state index in [4.69, 9.17) is 5.11 Å². The van der Waals surface area contributed by atoms with Gasteiger partial charge in [-0.05, 0) is 48.9 Å². The Morgan fingerprint density at radius 3 is 2.24 bits per heavy atom. The summed E-state index contributed by atoms with van der Waals surface area (Å²) in [6.45, 7) is 1.70. The molecule has 4 nitrogen and oxygen atoms in total. The van der Waals surface area contributed by atoms with E-state index in [2.05, 4.69) is 0 Å². The van der Waals surface area contributed by atoms with Gasteiger partial charge in [-0.2, -0.15) is 0 Å². The van der Waals surface area contributed by atoms with Crippen LogP contribution in [0.15, 0.2) is 24.3 Å². The highest BCUT2D eigenvalue weighted by Crippen LogP contribution is 2.36. The normalized spacial score (nSPS) is 25.2. The molecule has 1 aromatic carbocycles. The zero-order valence-electron chi connectivity index (χ0n) is 12.1. The zero-order valence-corrected chi connectivity index (χ0v) is 12.1. The maximum atomic E-state index is 12.5. The minimum absolute atomic E-state index is 0.0379. The van der Waals surface area contributed by atoms with Gasteiger partial charge in [0.25, 0.3) is 5.91 Å². The molecule has 1 N–H and O–H groups in total. The third-order valence-corrected chi connectivity index (χ3v) is 4.96. The van der Waals surface area contributed by atoms with E-state index in [1.165, 1.54) is 37.8 Å². The zero-order chi connectivity index (χ0) is 14.8. The lowest BCUT2D eigenvalue weighted by atomic mass is 9.75. The number of aromatic carboxylic acids is 1. The quantitative estimate of drug-likeness (QED) is 0.909. The molecule has 1 aliphatic heterocycles. The third kappa shape index (κ3) is 2.94. The summed E-state index contributed by atoms with van der Waals surface area (Å²) < 4.78 is 0. The number of benzene rings is 1. The molecule has 1 aliphatic carbocycles. The summed E-state index contributed by atoms with van der Waals surface area (Å²) in [4.78, 5) is 25.3. The Morgan fingerprint density at radius 1 is 0.952 bits per heavy atom. The molecule has 0 aromatic heterocycles. The van der Waals surface area contributed by atoms with Gasteiger partial charge in [0.05, 0.1) is 5.56 Å². The van der Waals surface area contributed by atoms with Crippen molar-refractivity contribution in [2.45, 2.75) is 32.1 Å². The van der Waals surface area contributed by atoms with Gasteiger partial charge in [-0.15, -0.1) is 0 Å². The van der Waals surface area contributed by atoms with Gasteiger partial charge in [0.1, 0.15) is 0 Å². The van der Waals surface area contributed by atoms with Crippen LogP contribution < -0.4 is 0 Å². The lowest BCUT2D eigenvalue weighted by Gasteiger charge is -2.41. The molecule has 2 atom stereocenters. The van der Waals surface area contributed by atoms with Crippen LogP contribution in [0, 0.1) is 11.8 Å². The molecule has 2 fully saturated rings. The number of nitrogens with zero attached hydrogens (tertiary/aromatic N) is 1. The number of amides is 1. The van der Waals surface area contributed by atoms with Crippen molar-refractivity contribution in [3.05, 3.63) is 35.4 Å². The maximum absolute atomic E-state index is 12.5. The van der Waals surface area contributed by atoms with Crippen molar-refractivity contribution in [3.8, 4) is 0 Å². The summed E-state index contributed by atoms with van der Waals surface area (Å²) >= 11 is 0. The van der Waals surface area contributed by atoms with Crippen LogP contribution in [0.4, 0.5) is 0 Å². The van der Waals surface area contributed by atoms with Gasteiger partial charge in [-0.25, -0.2) is 4.79 Å². The monoisotopic (exact) mass is 287 g/mol. The number of likely N-dealkylation sites (tertiary alicyclic amines) is 1. The Labute approximate surface area is 124 Å². The molecule has 4 heteroatoms.